The summed E-state index contributed by atoms with van der Waals surface area (Å²) in [5.41, 5.74) is 0.345. The van der Waals surface area contributed by atoms with Crippen LogP contribution >= 0.6 is 15.9 Å². The van der Waals surface area contributed by atoms with Crippen molar-refractivity contribution in [1.82, 2.24) is 14.9 Å². The number of halogens is 1. The van der Waals surface area contributed by atoms with E-state index in [1.165, 1.54) is 0 Å². The standard InChI is InChI=1S/C22H27BrN4O4/c1-22(2,3)31-21(29)26-12-9-16(14-26)20(28)27(19-18(23)24-10-11-25-19)13-15-5-7-17(30-4)8-6-15/h5-8,10-11,16H,9,12-14H2,1-4H3. The van der Waals surface area contributed by atoms with Crippen LogP contribution in [0.5, 0.6) is 5.75 Å². The molecule has 1 saturated heterocycles. The zero-order chi connectivity index (χ0) is 22.6. The number of carbonyl (C=O) groups excluding carboxylic acids is 2. The van der Waals surface area contributed by atoms with E-state index < -0.39 is 11.7 Å². The van der Waals surface area contributed by atoms with E-state index in [2.05, 4.69) is 25.9 Å². The zero-order valence-electron chi connectivity index (χ0n) is 18.2. The van der Waals surface area contributed by atoms with Crippen LogP contribution in [0.25, 0.3) is 0 Å². The van der Waals surface area contributed by atoms with E-state index >= 15 is 0 Å². The first-order chi connectivity index (χ1) is 14.7. The summed E-state index contributed by atoms with van der Waals surface area (Å²) in [6, 6.07) is 7.52. The van der Waals surface area contributed by atoms with E-state index in [4.69, 9.17) is 9.47 Å². The minimum absolute atomic E-state index is 0.108. The quantitative estimate of drug-likeness (QED) is 0.628. The predicted molar refractivity (Wildman–Crippen MR) is 120 cm³/mol. The number of aromatic nitrogens is 2. The number of hydrogen-bond donors (Lipinski definition) is 0. The van der Waals surface area contributed by atoms with Gasteiger partial charge in [0.15, 0.2) is 5.82 Å². The molecule has 1 fully saturated rings. The maximum absolute atomic E-state index is 13.5. The lowest BCUT2D eigenvalue weighted by molar-refractivity contribution is -0.122. The Hall–Kier alpha value is -2.68. The smallest absolute Gasteiger partial charge is 0.410 e. The fraction of sp³-hybridized carbons (Fsp3) is 0.455. The lowest BCUT2D eigenvalue weighted by Crippen LogP contribution is -2.40. The summed E-state index contributed by atoms with van der Waals surface area (Å²) in [6.07, 6.45) is 3.28. The number of amides is 2. The molecule has 0 bridgehead atoms. The van der Waals surface area contributed by atoms with Gasteiger partial charge in [0.05, 0.1) is 19.6 Å². The molecular weight excluding hydrogens is 464 g/mol. The summed E-state index contributed by atoms with van der Waals surface area (Å²) in [6.45, 7) is 6.58. The van der Waals surface area contributed by atoms with Crippen molar-refractivity contribution < 1.29 is 19.1 Å². The van der Waals surface area contributed by atoms with Gasteiger partial charge < -0.3 is 14.4 Å². The largest absolute Gasteiger partial charge is 0.497 e. The Balaban J connectivity index is 1.80. The van der Waals surface area contributed by atoms with E-state index in [9.17, 15) is 9.59 Å². The minimum Gasteiger partial charge on any atom is -0.497 e. The molecule has 0 radical (unpaired) electrons. The predicted octanol–water partition coefficient (Wildman–Crippen LogP) is 4.04. The molecule has 1 aromatic heterocycles. The van der Waals surface area contributed by atoms with Crippen molar-refractivity contribution in [1.29, 1.82) is 0 Å². The van der Waals surface area contributed by atoms with E-state index in [0.29, 0.717) is 36.5 Å². The highest BCUT2D eigenvalue weighted by molar-refractivity contribution is 9.10. The summed E-state index contributed by atoms with van der Waals surface area (Å²) >= 11 is 3.41. The molecule has 0 aliphatic carbocycles. The monoisotopic (exact) mass is 490 g/mol. The van der Waals surface area contributed by atoms with Gasteiger partial charge in [-0.2, -0.15) is 0 Å². The molecule has 0 N–H and O–H groups in total. The van der Waals surface area contributed by atoms with E-state index in [1.807, 2.05) is 45.0 Å². The van der Waals surface area contributed by atoms with Crippen LogP contribution < -0.4 is 9.64 Å². The van der Waals surface area contributed by atoms with E-state index in [0.717, 1.165) is 11.3 Å². The number of methoxy groups -OCH3 is 1. The molecule has 9 heteroatoms. The molecule has 3 rings (SSSR count). The second-order valence-electron chi connectivity index (χ2n) is 8.36. The van der Waals surface area contributed by atoms with E-state index in [1.54, 1.807) is 29.3 Å². The molecule has 31 heavy (non-hydrogen) atoms. The maximum atomic E-state index is 13.5. The van der Waals surface area contributed by atoms with Crippen LogP contribution in [0, 0.1) is 5.92 Å². The fourth-order valence-corrected chi connectivity index (χ4v) is 3.77. The molecule has 0 spiro atoms. The van der Waals surface area contributed by atoms with Crippen molar-refractivity contribution in [3.63, 3.8) is 0 Å². The van der Waals surface area contributed by atoms with Gasteiger partial charge in [0.1, 0.15) is 16.0 Å². The van der Waals surface area contributed by atoms with Gasteiger partial charge in [0.25, 0.3) is 0 Å². The highest BCUT2D eigenvalue weighted by atomic mass is 79.9. The van der Waals surface area contributed by atoms with Gasteiger partial charge in [-0.15, -0.1) is 0 Å². The van der Waals surface area contributed by atoms with Crippen LogP contribution in [-0.4, -0.2) is 52.7 Å². The molecule has 2 amide bonds. The van der Waals surface area contributed by atoms with Crippen LogP contribution in [0.1, 0.15) is 32.8 Å². The van der Waals surface area contributed by atoms with Crippen molar-refractivity contribution in [2.24, 2.45) is 5.92 Å². The molecule has 1 atom stereocenters. The first-order valence-electron chi connectivity index (χ1n) is 10.1. The number of rotatable bonds is 5. The molecule has 2 heterocycles. The van der Waals surface area contributed by atoms with Crippen LogP contribution in [0.4, 0.5) is 10.6 Å². The molecule has 1 unspecified atom stereocenters. The molecule has 1 aromatic carbocycles. The molecule has 0 saturated carbocycles. The Morgan fingerprint density at radius 3 is 2.48 bits per heavy atom. The third-order valence-corrected chi connectivity index (χ3v) is 5.41. The molecular formula is C22H27BrN4O4. The highest BCUT2D eigenvalue weighted by Crippen LogP contribution is 2.28. The number of anilines is 1. The second-order valence-corrected chi connectivity index (χ2v) is 9.11. The SMILES string of the molecule is COc1ccc(CN(C(=O)C2CCN(C(=O)OC(C)(C)C)C2)c2nccnc2Br)cc1. The van der Waals surface area contributed by atoms with Gasteiger partial charge in [0.2, 0.25) is 5.91 Å². The minimum atomic E-state index is -0.579. The molecule has 8 nitrogen and oxygen atoms in total. The van der Waals surface area contributed by atoms with Gasteiger partial charge in [-0.25, -0.2) is 14.8 Å². The Kier molecular flexibility index (Phi) is 7.15. The maximum Gasteiger partial charge on any atom is 0.410 e. The lowest BCUT2D eigenvalue weighted by Gasteiger charge is -2.26. The summed E-state index contributed by atoms with van der Waals surface area (Å²) in [5.74, 6) is 0.730. The first-order valence-corrected chi connectivity index (χ1v) is 10.9. The van der Waals surface area contributed by atoms with Crippen molar-refractivity contribution in [3.8, 4) is 5.75 Å². The van der Waals surface area contributed by atoms with Crippen LogP contribution in [-0.2, 0) is 16.1 Å². The third kappa shape index (κ3) is 5.94. The number of hydrogen-bond acceptors (Lipinski definition) is 6. The number of carbonyl (C=O) groups is 2. The molecule has 2 aromatic rings. The number of benzene rings is 1. The van der Waals surface area contributed by atoms with Crippen molar-refractivity contribution in [3.05, 3.63) is 46.8 Å². The molecule has 1 aliphatic rings. The number of likely N-dealkylation sites (tertiary alicyclic amines) is 1. The summed E-state index contributed by atoms with van der Waals surface area (Å²) in [7, 11) is 1.61. The van der Waals surface area contributed by atoms with Gasteiger partial charge in [-0.05, 0) is 60.8 Å². The Morgan fingerprint density at radius 2 is 1.87 bits per heavy atom. The summed E-state index contributed by atoms with van der Waals surface area (Å²) in [5, 5.41) is 0. The van der Waals surface area contributed by atoms with Crippen LogP contribution in [0.15, 0.2) is 41.3 Å². The van der Waals surface area contributed by atoms with Crippen molar-refractivity contribution >= 4 is 33.7 Å². The second kappa shape index (κ2) is 9.64. The van der Waals surface area contributed by atoms with Gasteiger partial charge in [-0.1, -0.05) is 12.1 Å². The topological polar surface area (TPSA) is 84.9 Å². The molecule has 166 valence electrons. The first kappa shape index (κ1) is 23.0. The van der Waals surface area contributed by atoms with Gasteiger partial charge in [-0.3, -0.25) is 9.69 Å². The summed E-state index contributed by atoms with van der Waals surface area (Å²) < 4.78 is 11.2. The van der Waals surface area contributed by atoms with Crippen molar-refractivity contribution in [2.45, 2.75) is 39.3 Å². The van der Waals surface area contributed by atoms with Crippen LogP contribution in [0.3, 0.4) is 0 Å². The van der Waals surface area contributed by atoms with Gasteiger partial charge >= 0.3 is 6.09 Å². The Morgan fingerprint density at radius 1 is 1.19 bits per heavy atom. The fourth-order valence-electron chi connectivity index (χ4n) is 3.34. The third-order valence-electron chi connectivity index (χ3n) is 4.85. The lowest BCUT2D eigenvalue weighted by atomic mass is 10.1. The van der Waals surface area contributed by atoms with Crippen LogP contribution in [0.2, 0.25) is 0 Å². The van der Waals surface area contributed by atoms with E-state index in [-0.39, 0.29) is 11.8 Å². The summed E-state index contributed by atoms with van der Waals surface area (Å²) in [4.78, 5) is 37.7. The highest BCUT2D eigenvalue weighted by Gasteiger charge is 2.36. The normalized spacial score (nSPS) is 16.2. The Labute approximate surface area is 190 Å². The average Bonchev–Trinajstić information content (AvgIpc) is 3.22. The Bertz CT molecular complexity index is 930. The zero-order valence-corrected chi connectivity index (χ0v) is 19.8. The number of ether oxygens (including phenoxy) is 2. The average molecular weight is 491 g/mol. The van der Waals surface area contributed by atoms with Crippen molar-refractivity contribution in [2.75, 3.05) is 25.1 Å². The van der Waals surface area contributed by atoms with Gasteiger partial charge in [0, 0.05) is 25.5 Å². The molecule has 1 aliphatic heterocycles. The number of nitrogens with zero attached hydrogens (tertiary/aromatic N) is 4.